The lowest BCUT2D eigenvalue weighted by Crippen LogP contribution is -2.62. The first kappa shape index (κ1) is 14.1. The minimum absolute atomic E-state index is 0.0990. The van der Waals surface area contributed by atoms with Crippen LogP contribution in [0.15, 0.2) is 0 Å². The molecule has 0 aromatic heterocycles. The van der Waals surface area contributed by atoms with Crippen molar-refractivity contribution in [2.75, 3.05) is 19.7 Å². The lowest BCUT2D eigenvalue weighted by atomic mass is 9.71. The molecule has 0 bridgehead atoms. The molecule has 1 spiro atoms. The van der Waals surface area contributed by atoms with Gasteiger partial charge in [0.15, 0.2) is 6.10 Å². The number of amides is 1. The molecule has 1 N–H and O–H groups in total. The topological polar surface area (TPSA) is 76.1 Å². The van der Waals surface area contributed by atoms with Gasteiger partial charge in [-0.2, -0.15) is 0 Å². The molecule has 2 aliphatic rings. The van der Waals surface area contributed by atoms with Gasteiger partial charge in [-0.15, -0.1) is 0 Å². The van der Waals surface area contributed by atoms with E-state index in [2.05, 4.69) is 0 Å². The molecule has 1 amide bonds. The zero-order chi connectivity index (χ0) is 14.3. The van der Waals surface area contributed by atoms with E-state index >= 15 is 0 Å². The van der Waals surface area contributed by atoms with Crippen molar-refractivity contribution in [1.82, 2.24) is 4.90 Å². The predicted octanol–water partition coefficient (Wildman–Crippen LogP) is 1.49. The Bertz CT molecular complexity index is 381. The first-order valence-electron chi connectivity index (χ1n) is 6.53. The Kier molecular flexibility index (Phi) is 3.47. The monoisotopic (exact) mass is 271 g/mol. The zero-order valence-corrected chi connectivity index (χ0v) is 11.6. The van der Waals surface area contributed by atoms with E-state index in [9.17, 15) is 9.59 Å². The third-order valence-electron chi connectivity index (χ3n) is 3.55. The SMILES string of the molecule is CC(C)(C)OC(=O)N1CC2(CCOC(C(=O)O)C2)C1. The maximum absolute atomic E-state index is 11.8. The third kappa shape index (κ3) is 3.18. The van der Waals surface area contributed by atoms with Crippen LogP contribution in [0.1, 0.15) is 33.6 Å². The number of hydrogen-bond acceptors (Lipinski definition) is 4. The lowest BCUT2D eigenvalue weighted by molar-refractivity contribution is -0.166. The number of carboxylic acids is 1. The maximum atomic E-state index is 11.8. The van der Waals surface area contributed by atoms with E-state index in [0.717, 1.165) is 6.42 Å². The van der Waals surface area contributed by atoms with Gasteiger partial charge in [0.25, 0.3) is 0 Å². The van der Waals surface area contributed by atoms with Crippen LogP contribution in [0.4, 0.5) is 4.79 Å². The van der Waals surface area contributed by atoms with Crippen LogP contribution in [0.5, 0.6) is 0 Å². The van der Waals surface area contributed by atoms with Crippen molar-refractivity contribution >= 4 is 12.1 Å². The number of carboxylic acid groups (broad SMARTS) is 1. The normalized spacial score (nSPS) is 25.8. The molecule has 2 saturated heterocycles. The summed E-state index contributed by atoms with van der Waals surface area (Å²) >= 11 is 0. The fourth-order valence-corrected chi connectivity index (χ4v) is 2.64. The van der Waals surface area contributed by atoms with Gasteiger partial charge in [-0.1, -0.05) is 0 Å². The number of rotatable bonds is 1. The molecule has 108 valence electrons. The van der Waals surface area contributed by atoms with Crippen LogP contribution in [0.2, 0.25) is 0 Å². The predicted molar refractivity (Wildman–Crippen MR) is 66.8 cm³/mol. The first-order chi connectivity index (χ1) is 8.71. The average Bonchev–Trinajstić information content (AvgIpc) is 2.23. The van der Waals surface area contributed by atoms with Gasteiger partial charge < -0.3 is 19.5 Å². The molecule has 6 heteroatoms. The van der Waals surface area contributed by atoms with Crippen LogP contribution in [0, 0.1) is 5.41 Å². The number of carbonyl (C=O) groups is 2. The average molecular weight is 271 g/mol. The summed E-state index contributed by atoms with van der Waals surface area (Å²) in [6.07, 6.45) is 0.212. The fraction of sp³-hybridized carbons (Fsp3) is 0.846. The molecule has 2 rings (SSSR count). The summed E-state index contributed by atoms with van der Waals surface area (Å²) in [6.45, 7) is 7.06. The molecular weight excluding hydrogens is 250 g/mol. The molecule has 1 atom stereocenters. The summed E-state index contributed by atoms with van der Waals surface area (Å²) in [5.41, 5.74) is -0.600. The Morgan fingerprint density at radius 2 is 2.00 bits per heavy atom. The molecule has 0 radical (unpaired) electrons. The standard InChI is InChI=1S/C13H21NO5/c1-12(2,3)19-11(17)14-7-13(8-14)4-5-18-9(6-13)10(15)16/h9H,4-8H2,1-3H3,(H,15,16). The second-order valence-electron chi connectivity index (χ2n) is 6.49. The van der Waals surface area contributed by atoms with Gasteiger partial charge in [-0.25, -0.2) is 9.59 Å². The maximum Gasteiger partial charge on any atom is 0.410 e. The quantitative estimate of drug-likeness (QED) is 0.782. The summed E-state index contributed by atoms with van der Waals surface area (Å²) in [4.78, 5) is 24.4. The Balaban J connectivity index is 1.88. The van der Waals surface area contributed by atoms with Crippen molar-refractivity contribution in [1.29, 1.82) is 0 Å². The highest BCUT2D eigenvalue weighted by Gasteiger charge is 2.50. The minimum Gasteiger partial charge on any atom is -0.479 e. The molecule has 0 aliphatic carbocycles. The summed E-state index contributed by atoms with van der Waals surface area (Å²) in [6, 6.07) is 0. The highest BCUT2D eigenvalue weighted by Crippen LogP contribution is 2.42. The number of aliphatic carboxylic acids is 1. The van der Waals surface area contributed by atoms with Crippen LogP contribution >= 0.6 is 0 Å². The van der Waals surface area contributed by atoms with E-state index in [1.165, 1.54) is 0 Å². The van der Waals surface area contributed by atoms with Crippen LogP contribution in [-0.2, 0) is 14.3 Å². The van der Waals surface area contributed by atoms with Crippen LogP contribution < -0.4 is 0 Å². The number of carbonyl (C=O) groups excluding carboxylic acids is 1. The third-order valence-corrected chi connectivity index (χ3v) is 3.55. The first-order valence-corrected chi connectivity index (χ1v) is 6.53. The summed E-state index contributed by atoms with van der Waals surface area (Å²) in [5.74, 6) is -0.921. The van der Waals surface area contributed by atoms with Crippen LogP contribution in [0.25, 0.3) is 0 Å². The van der Waals surface area contributed by atoms with E-state index in [1.54, 1.807) is 4.90 Å². The molecule has 1 unspecified atom stereocenters. The molecule has 2 heterocycles. The van der Waals surface area contributed by atoms with Crippen LogP contribution in [0.3, 0.4) is 0 Å². The van der Waals surface area contributed by atoms with Gasteiger partial charge in [0.1, 0.15) is 5.60 Å². The van der Waals surface area contributed by atoms with Crippen molar-refractivity contribution in [3.05, 3.63) is 0 Å². The van der Waals surface area contributed by atoms with E-state index in [0.29, 0.717) is 26.1 Å². The van der Waals surface area contributed by atoms with Crippen molar-refractivity contribution in [3.63, 3.8) is 0 Å². The summed E-state index contributed by atoms with van der Waals surface area (Å²) < 4.78 is 10.5. The second kappa shape index (κ2) is 4.67. The van der Waals surface area contributed by atoms with E-state index in [1.807, 2.05) is 20.8 Å². The highest BCUT2D eigenvalue weighted by molar-refractivity contribution is 5.73. The van der Waals surface area contributed by atoms with Gasteiger partial charge in [-0.05, 0) is 33.6 Å². The molecule has 0 saturated carbocycles. The smallest absolute Gasteiger partial charge is 0.410 e. The largest absolute Gasteiger partial charge is 0.479 e. The molecule has 2 fully saturated rings. The number of ether oxygens (including phenoxy) is 2. The second-order valence-corrected chi connectivity index (χ2v) is 6.49. The van der Waals surface area contributed by atoms with Gasteiger partial charge in [0, 0.05) is 25.1 Å². The Labute approximate surface area is 112 Å². The minimum atomic E-state index is -0.921. The van der Waals surface area contributed by atoms with E-state index in [4.69, 9.17) is 14.6 Å². The Morgan fingerprint density at radius 1 is 1.37 bits per heavy atom. The zero-order valence-electron chi connectivity index (χ0n) is 11.6. The number of likely N-dealkylation sites (tertiary alicyclic amines) is 1. The van der Waals surface area contributed by atoms with Gasteiger partial charge >= 0.3 is 12.1 Å². The molecular formula is C13H21NO5. The number of hydrogen-bond donors (Lipinski definition) is 1. The van der Waals surface area contributed by atoms with Crippen molar-refractivity contribution in [3.8, 4) is 0 Å². The molecule has 0 aromatic rings. The van der Waals surface area contributed by atoms with Crippen LogP contribution in [-0.4, -0.2) is 53.5 Å². The summed E-state index contributed by atoms with van der Waals surface area (Å²) in [5, 5.41) is 8.99. The van der Waals surface area contributed by atoms with Gasteiger partial charge in [-0.3, -0.25) is 0 Å². The molecule has 19 heavy (non-hydrogen) atoms. The highest BCUT2D eigenvalue weighted by atomic mass is 16.6. The Morgan fingerprint density at radius 3 is 2.53 bits per heavy atom. The van der Waals surface area contributed by atoms with Gasteiger partial charge in [0.05, 0.1) is 0 Å². The van der Waals surface area contributed by atoms with Crippen molar-refractivity contribution in [2.45, 2.75) is 45.3 Å². The van der Waals surface area contributed by atoms with E-state index < -0.39 is 17.7 Å². The molecule has 0 aromatic carbocycles. The molecule has 2 aliphatic heterocycles. The molecule has 6 nitrogen and oxygen atoms in total. The lowest BCUT2D eigenvalue weighted by Gasteiger charge is -2.52. The van der Waals surface area contributed by atoms with Crippen molar-refractivity contribution in [2.24, 2.45) is 5.41 Å². The Hall–Kier alpha value is -1.30. The van der Waals surface area contributed by atoms with E-state index in [-0.39, 0.29) is 11.5 Å². The fourth-order valence-electron chi connectivity index (χ4n) is 2.64. The van der Waals surface area contributed by atoms with Crippen molar-refractivity contribution < 1.29 is 24.2 Å². The summed E-state index contributed by atoms with van der Waals surface area (Å²) in [7, 11) is 0. The number of nitrogens with zero attached hydrogens (tertiary/aromatic N) is 1. The van der Waals surface area contributed by atoms with Gasteiger partial charge in [0.2, 0.25) is 0 Å².